The van der Waals surface area contributed by atoms with Crippen LogP contribution in [-0.2, 0) is 9.53 Å². The zero-order chi connectivity index (χ0) is 17.8. The summed E-state index contributed by atoms with van der Waals surface area (Å²) < 4.78 is 10.6. The van der Waals surface area contributed by atoms with E-state index in [0.717, 1.165) is 11.3 Å². The molecule has 25 heavy (non-hydrogen) atoms. The molecule has 0 saturated heterocycles. The molecule has 3 N–H and O–H groups in total. The predicted molar refractivity (Wildman–Crippen MR) is 93.6 cm³/mol. The van der Waals surface area contributed by atoms with Gasteiger partial charge in [-0.1, -0.05) is 29.8 Å². The molecule has 0 spiro atoms. The fourth-order valence-corrected chi connectivity index (χ4v) is 2.84. The number of fused-ring (bicyclic) bond motifs is 1. The first-order valence-electron chi connectivity index (χ1n) is 7.78. The Morgan fingerprint density at radius 2 is 2.08 bits per heavy atom. The van der Waals surface area contributed by atoms with Gasteiger partial charge in [0.2, 0.25) is 0 Å². The van der Waals surface area contributed by atoms with Crippen molar-refractivity contribution in [1.82, 2.24) is 5.32 Å². The first-order chi connectivity index (χ1) is 12.0. The molecule has 2 aromatic rings. The second-order valence-corrected chi connectivity index (χ2v) is 6.04. The van der Waals surface area contributed by atoms with Crippen LogP contribution in [0, 0.1) is 0 Å². The number of nitrogens with one attached hydrogen (secondary N) is 1. The summed E-state index contributed by atoms with van der Waals surface area (Å²) in [6.45, 7) is 0.128. The molecule has 0 bridgehead atoms. The summed E-state index contributed by atoms with van der Waals surface area (Å²) in [4.78, 5) is 24.1. The average Bonchev–Trinajstić information content (AvgIpc) is 2.60. The third-order valence-electron chi connectivity index (χ3n) is 3.86. The fraction of sp³-hybridized carbons (Fsp3) is 0.222. The highest BCUT2D eigenvalue weighted by Crippen LogP contribution is 2.31. The van der Waals surface area contributed by atoms with Crippen molar-refractivity contribution in [2.45, 2.75) is 12.5 Å². The van der Waals surface area contributed by atoms with Crippen molar-refractivity contribution in [2.24, 2.45) is 0 Å². The molecule has 0 fully saturated rings. The van der Waals surface area contributed by atoms with E-state index in [-0.39, 0.29) is 29.8 Å². The second kappa shape index (κ2) is 7.44. The topological polar surface area (TPSA) is 90.7 Å². The number of hydrogen-bond donors (Lipinski definition) is 2. The Balaban J connectivity index is 1.58. The standard InChI is InChI=1S/C18H17ClN2O4/c19-11-5-6-12(14(20)9-11)18(23)25-10-17(22)21-15-7-8-24-16-4-2-1-3-13(15)16/h1-6,9,15H,7-8,10,20H2,(H,21,22)/t15-/m1/s1. The first kappa shape index (κ1) is 17.1. The van der Waals surface area contributed by atoms with E-state index >= 15 is 0 Å². The van der Waals surface area contributed by atoms with Crippen molar-refractivity contribution in [2.75, 3.05) is 18.9 Å². The normalized spacial score (nSPS) is 15.6. The van der Waals surface area contributed by atoms with Gasteiger partial charge in [0.1, 0.15) is 5.75 Å². The van der Waals surface area contributed by atoms with E-state index in [0.29, 0.717) is 18.1 Å². The molecule has 1 amide bonds. The van der Waals surface area contributed by atoms with Gasteiger partial charge in [0.15, 0.2) is 6.61 Å². The minimum atomic E-state index is -0.670. The van der Waals surface area contributed by atoms with Crippen LogP contribution in [-0.4, -0.2) is 25.1 Å². The van der Waals surface area contributed by atoms with Crippen LogP contribution >= 0.6 is 11.6 Å². The Hall–Kier alpha value is -2.73. The summed E-state index contributed by atoms with van der Waals surface area (Å²) in [5.41, 5.74) is 7.02. The molecular formula is C18H17ClN2O4. The van der Waals surface area contributed by atoms with Gasteiger partial charge < -0.3 is 20.5 Å². The van der Waals surface area contributed by atoms with E-state index in [1.807, 2.05) is 24.3 Å². The van der Waals surface area contributed by atoms with Crippen LogP contribution in [0.25, 0.3) is 0 Å². The lowest BCUT2D eigenvalue weighted by Crippen LogP contribution is -2.35. The van der Waals surface area contributed by atoms with Gasteiger partial charge in [-0.2, -0.15) is 0 Å². The van der Waals surface area contributed by atoms with Crippen LogP contribution < -0.4 is 15.8 Å². The fourth-order valence-electron chi connectivity index (χ4n) is 2.66. The van der Waals surface area contributed by atoms with Gasteiger partial charge in [0.05, 0.1) is 18.2 Å². The molecule has 7 heteroatoms. The lowest BCUT2D eigenvalue weighted by atomic mass is 10.0. The summed E-state index contributed by atoms with van der Waals surface area (Å²) in [5, 5.41) is 3.28. The third-order valence-corrected chi connectivity index (χ3v) is 4.10. The number of hydrogen-bond acceptors (Lipinski definition) is 5. The molecule has 1 aliphatic rings. The quantitative estimate of drug-likeness (QED) is 0.646. The van der Waals surface area contributed by atoms with E-state index in [4.69, 9.17) is 26.8 Å². The maximum absolute atomic E-state index is 12.1. The Kier molecular flexibility index (Phi) is 5.09. The smallest absolute Gasteiger partial charge is 0.340 e. The highest BCUT2D eigenvalue weighted by atomic mass is 35.5. The highest BCUT2D eigenvalue weighted by molar-refractivity contribution is 6.31. The SMILES string of the molecule is Nc1cc(Cl)ccc1C(=O)OCC(=O)N[C@@H]1CCOc2ccccc21. The van der Waals surface area contributed by atoms with Gasteiger partial charge in [-0.25, -0.2) is 4.79 Å². The zero-order valence-electron chi connectivity index (χ0n) is 13.3. The summed E-state index contributed by atoms with van der Waals surface area (Å²) >= 11 is 5.79. The first-order valence-corrected chi connectivity index (χ1v) is 8.15. The van der Waals surface area contributed by atoms with Crippen molar-refractivity contribution in [1.29, 1.82) is 0 Å². The van der Waals surface area contributed by atoms with Gasteiger partial charge in [-0.15, -0.1) is 0 Å². The summed E-state index contributed by atoms with van der Waals surface area (Å²) in [6.07, 6.45) is 0.654. The van der Waals surface area contributed by atoms with E-state index in [2.05, 4.69) is 5.32 Å². The third kappa shape index (κ3) is 4.03. The van der Waals surface area contributed by atoms with Gasteiger partial charge in [0.25, 0.3) is 5.91 Å². The predicted octanol–water partition coefficient (Wildman–Crippen LogP) is 2.72. The molecule has 1 aliphatic heterocycles. The molecule has 6 nitrogen and oxygen atoms in total. The number of nitrogen functional groups attached to an aromatic ring is 1. The molecule has 130 valence electrons. The van der Waals surface area contributed by atoms with E-state index < -0.39 is 5.97 Å². The average molecular weight is 361 g/mol. The second-order valence-electron chi connectivity index (χ2n) is 5.60. The number of para-hydroxylation sites is 1. The van der Waals surface area contributed by atoms with Crippen molar-refractivity contribution in [3.8, 4) is 5.75 Å². The van der Waals surface area contributed by atoms with Gasteiger partial charge in [-0.3, -0.25) is 4.79 Å². The van der Waals surface area contributed by atoms with Crippen molar-refractivity contribution >= 4 is 29.2 Å². The number of nitrogens with two attached hydrogens (primary N) is 1. The molecular weight excluding hydrogens is 344 g/mol. The largest absolute Gasteiger partial charge is 0.493 e. The lowest BCUT2D eigenvalue weighted by molar-refractivity contribution is -0.125. The number of rotatable bonds is 4. The maximum atomic E-state index is 12.1. The molecule has 0 unspecified atom stereocenters. The number of benzene rings is 2. The molecule has 0 aliphatic carbocycles. The van der Waals surface area contributed by atoms with Crippen molar-refractivity contribution < 1.29 is 19.1 Å². The van der Waals surface area contributed by atoms with Gasteiger partial charge in [-0.05, 0) is 24.3 Å². The molecule has 0 saturated carbocycles. The van der Waals surface area contributed by atoms with Crippen molar-refractivity contribution in [3.63, 3.8) is 0 Å². The van der Waals surface area contributed by atoms with Crippen LogP contribution in [0.1, 0.15) is 28.4 Å². The lowest BCUT2D eigenvalue weighted by Gasteiger charge is -2.26. The Labute approximate surface area is 149 Å². The summed E-state index contributed by atoms with van der Waals surface area (Å²) in [7, 11) is 0. The van der Waals surface area contributed by atoms with Crippen LogP contribution in [0.15, 0.2) is 42.5 Å². The van der Waals surface area contributed by atoms with Gasteiger partial charge >= 0.3 is 5.97 Å². The van der Waals surface area contributed by atoms with E-state index in [1.165, 1.54) is 18.2 Å². The number of ether oxygens (including phenoxy) is 2. The van der Waals surface area contributed by atoms with Crippen molar-refractivity contribution in [3.05, 3.63) is 58.6 Å². The minimum Gasteiger partial charge on any atom is -0.493 e. The minimum absolute atomic E-state index is 0.170. The highest BCUT2D eigenvalue weighted by Gasteiger charge is 2.23. The van der Waals surface area contributed by atoms with Crippen LogP contribution in [0.5, 0.6) is 5.75 Å². The molecule has 0 aromatic heterocycles. The molecule has 1 heterocycles. The Morgan fingerprint density at radius 3 is 2.88 bits per heavy atom. The summed E-state index contributed by atoms with van der Waals surface area (Å²) in [5.74, 6) is -0.302. The molecule has 3 rings (SSSR count). The summed E-state index contributed by atoms with van der Waals surface area (Å²) in [6, 6.07) is 11.8. The number of carbonyl (C=O) groups excluding carboxylic acids is 2. The van der Waals surface area contributed by atoms with Crippen LogP contribution in [0.3, 0.4) is 0 Å². The number of amides is 1. The van der Waals surface area contributed by atoms with Gasteiger partial charge in [0, 0.05) is 22.7 Å². The Bertz CT molecular complexity index is 809. The van der Waals surface area contributed by atoms with E-state index in [9.17, 15) is 9.59 Å². The molecule has 2 aromatic carbocycles. The van der Waals surface area contributed by atoms with E-state index in [1.54, 1.807) is 0 Å². The Morgan fingerprint density at radius 1 is 1.28 bits per heavy atom. The maximum Gasteiger partial charge on any atom is 0.340 e. The monoisotopic (exact) mass is 360 g/mol. The number of esters is 1. The van der Waals surface area contributed by atoms with Crippen LogP contribution in [0.2, 0.25) is 5.02 Å². The number of anilines is 1. The number of halogens is 1. The zero-order valence-corrected chi connectivity index (χ0v) is 14.1. The van der Waals surface area contributed by atoms with Crippen LogP contribution in [0.4, 0.5) is 5.69 Å². The molecule has 0 radical (unpaired) electrons. The molecule has 1 atom stereocenters. The number of carbonyl (C=O) groups is 2.